The molecule has 0 unspecified atom stereocenters. The van der Waals surface area contributed by atoms with E-state index in [1.54, 1.807) is 6.92 Å². The third-order valence-corrected chi connectivity index (χ3v) is 13.8. The van der Waals surface area contributed by atoms with Crippen molar-refractivity contribution in [2.75, 3.05) is 6.61 Å². The molecule has 0 bridgehead atoms. The highest BCUT2D eigenvalue weighted by Crippen LogP contribution is 2.77. The van der Waals surface area contributed by atoms with E-state index in [2.05, 4.69) is 48.1 Å². The largest absolute Gasteiger partial charge is 0.462 e. The number of carbonyl (C=O) groups excluding carboxylic acids is 1. The van der Waals surface area contributed by atoms with Crippen LogP contribution in [-0.4, -0.2) is 23.9 Å². The van der Waals surface area contributed by atoms with E-state index in [1.807, 2.05) is 0 Å². The first-order valence-electron chi connectivity index (χ1n) is 14.9. The van der Waals surface area contributed by atoms with Crippen molar-refractivity contribution in [2.24, 2.45) is 56.7 Å². The van der Waals surface area contributed by atoms with Gasteiger partial charge in [0.05, 0.1) is 6.61 Å². The lowest BCUT2D eigenvalue weighted by Crippen LogP contribution is -2.67. The highest BCUT2D eigenvalue weighted by atomic mass is 17.1. The van der Waals surface area contributed by atoms with E-state index in [1.165, 1.54) is 50.5 Å². The van der Waals surface area contributed by atoms with Crippen molar-refractivity contribution in [1.29, 1.82) is 0 Å². The van der Waals surface area contributed by atoms with Crippen molar-refractivity contribution in [2.45, 2.75) is 119 Å². The number of rotatable bonds is 4. The minimum Gasteiger partial charge on any atom is -0.462 e. The smallest absolute Gasteiger partial charge is 0.302 e. The van der Waals surface area contributed by atoms with Crippen LogP contribution in [0.3, 0.4) is 0 Å². The molecule has 0 aromatic carbocycles. The summed E-state index contributed by atoms with van der Waals surface area (Å²) < 4.78 is 5.90. The van der Waals surface area contributed by atoms with Gasteiger partial charge in [0.1, 0.15) is 6.10 Å². The van der Waals surface area contributed by atoms with Crippen LogP contribution in [0, 0.1) is 56.7 Å². The van der Waals surface area contributed by atoms with E-state index in [4.69, 9.17) is 9.62 Å². The topological polar surface area (TPSA) is 55.8 Å². The Bertz CT molecular complexity index is 910. The average molecular weight is 501 g/mol. The Labute approximate surface area is 219 Å². The Morgan fingerprint density at radius 1 is 0.861 bits per heavy atom. The fourth-order valence-corrected chi connectivity index (χ4v) is 12.1. The maximum Gasteiger partial charge on any atom is 0.302 e. The summed E-state index contributed by atoms with van der Waals surface area (Å²) in [5.74, 6) is 2.94. The van der Waals surface area contributed by atoms with Gasteiger partial charge in [-0.2, -0.15) is 0 Å². The maximum absolute atomic E-state index is 11.9. The summed E-state index contributed by atoms with van der Waals surface area (Å²) in [5.41, 5.74) is 2.33. The first-order chi connectivity index (χ1) is 16.8. The quantitative estimate of drug-likeness (QED) is 0.183. The Kier molecular flexibility index (Phi) is 6.36. The standard InChI is InChI=1S/C32H52O4/c1-20(2)22-11-16-32(19-35-34)18-17-30(7)23(27(22)32)9-10-25-29(6)14-13-26(36-21(3)33)28(4,5)24(29)12-15-31(25,30)8/h22-27,34H,1,9-19H2,2-8H3/t22-,23+,24-,25+,26-,27+,29-,30+,31+,32+/m0/s1. The fraction of sp³-hybridized carbons (Fsp3) is 0.906. The van der Waals surface area contributed by atoms with Gasteiger partial charge in [-0.25, -0.2) is 4.89 Å². The Hall–Kier alpha value is -0.870. The van der Waals surface area contributed by atoms with Gasteiger partial charge >= 0.3 is 5.97 Å². The van der Waals surface area contributed by atoms with Crippen molar-refractivity contribution in [3.8, 4) is 0 Å². The van der Waals surface area contributed by atoms with Crippen molar-refractivity contribution < 1.29 is 19.7 Å². The molecule has 5 saturated carbocycles. The van der Waals surface area contributed by atoms with E-state index in [-0.39, 0.29) is 28.3 Å². The van der Waals surface area contributed by atoms with Gasteiger partial charge in [0.15, 0.2) is 0 Å². The summed E-state index contributed by atoms with van der Waals surface area (Å²) >= 11 is 0. The molecule has 4 heteroatoms. The van der Waals surface area contributed by atoms with E-state index in [0.717, 1.165) is 19.3 Å². The van der Waals surface area contributed by atoms with Crippen LogP contribution in [0.15, 0.2) is 12.2 Å². The van der Waals surface area contributed by atoms with Crippen LogP contribution in [-0.2, 0) is 14.4 Å². The molecule has 5 aliphatic rings. The summed E-state index contributed by atoms with van der Waals surface area (Å²) in [7, 11) is 0. The monoisotopic (exact) mass is 500 g/mol. The average Bonchev–Trinajstić information content (AvgIpc) is 3.16. The normalized spacial score (nSPS) is 51.3. The molecule has 204 valence electrons. The van der Waals surface area contributed by atoms with Gasteiger partial charge in [-0.15, -0.1) is 0 Å². The summed E-state index contributed by atoms with van der Waals surface area (Å²) in [6.45, 7) is 21.4. The Morgan fingerprint density at radius 2 is 1.58 bits per heavy atom. The lowest BCUT2D eigenvalue weighted by molar-refractivity contribution is -0.289. The molecule has 0 aliphatic heterocycles. The predicted molar refractivity (Wildman–Crippen MR) is 143 cm³/mol. The summed E-state index contributed by atoms with van der Waals surface area (Å²) in [4.78, 5) is 16.8. The summed E-state index contributed by atoms with van der Waals surface area (Å²) in [6.07, 6.45) is 12.0. The third-order valence-electron chi connectivity index (χ3n) is 13.8. The molecule has 5 fully saturated rings. The number of ether oxygens (including phenoxy) is 1. The van der Waals surface area contributed by atoms with Gasteiger partial charge in [0.25, 0.3) is 0 Å². The second-order valence-corrected chi connectivity index (χ2v) is 15.3. The third kappa shape index (κ3) is 3.41. The van der Waals surface area contributed by atoms with E-state index >= 15 is 0 Å². The molecule has 4 nitrogen and oxygen atoms in total. The second-order valence-electron chi connectivity index (χ2n) is 15.3. The van der Waals surface area contributed by atoms with Gasteiger partial charge in [-0.05, 0) is 117 Å². The highest BCUT2D eigenvalue weighted by Gasteiger charge is 2.71. The molecular formula is C32H52O4. The van der Waals surface area contributed by atoms with Crippen LogP contribution >= 0.6 is 0 Å². The van der Waals surface area contributed by atoms with Crippen LogP contribution in [0.5, 0.6) is 0 Å². The van der Waals surface area contributed by atoms with Crippen LogP contribution in [0.25, 0.3) is 0 Å². The molecule has 0 radical (unpaired) electrons. The van der Waals surface area contributed by atoms with E-state index < -0.39 is 0 Å². The first kappa shape index (κ1) is 26.7. The van der Waals surface area contributed by atoms with Gasteiger partial charge < -0.3 is 4.74 Å². The van der Waals surface area contributed by atoms with Crippen LogP contribution in [0.4, 0.5) is 0 Å². The number of fused-ring (bicyclic) bond motifs is 7. The molecule has 5 aliphatic carbocycles. The number of allylic oxidation sites excluding steroid dienone is 1. The molecule has 0 aromatic heterocycles. The zero-order chi connectivity index (χ0) is 26.3. The van der Waals surface area contributed by atoms with Gasteiger partial charge in [-0.1, -0.05) is 46.8 Å². The number of carbonyl (C=O) groups is 1. The lowest BCUT2D eigenvalue weighted by atomic mass is 9.32. The molecule has 0 spiro atoms. The van der Waals surface area contributed by atoms with Gasteiger partial charge in [-0.3, -0.25) is 10.1 Å². The molecule has 0 saturated heterocycles. The summed E-state index contributed by atoms with van der Waals surface area (Å²) in [6, 6.07) is 0. The number of hydrogen-bond donors (Lipinski definition) is 1. The molecule has 5 rings (SSSR count). The first-order valence-corrected chi connectivity index (χ1v) is 14.9. The Balaban J connectivity index is 1.50. The fourth-order valence-electron chi connectivity index (χ4n) is 12.1. The number of esters is 1. The van der Waals surface area contributed by atoms with Crippen LogP contribution in [0.2, 0.25) is 0 Å². The van der Waals surface area contributed by atoms with E-state index in [0.29, 0.717) is 47.0 Å². The molecule has 0 heterocycles. The Morgan fingerprint density at radius 3 is 2.22 bits per heavy atom. The lowest BCUT2D eigenvalue weighted by Gasteiger charge is -2.73. The van der Waals surface area contributed by atoms with Gasteiger partial charge in [0, 0.05) is 17.8 Å². The number of hydrogen-bond acceptors (Lipinski definition) is 4. The van der Waals surface area contributed by atoms with Crippen molar-refractivity contribution >= 4 is 5.97 Å². The van der Waals surface area contributed by atoms with E-state index in [9.17, 15) is 10.1 Å². The molecule has 36 heavy (non-hydrogen) atoms. The van der Waals surface area contributed by atoms with Crippen molar-refractivity contribution in [3.63, 3.8) is 0 Å². The SMILES string of the molecule is C=C(C)[C@@H]1CC[C@]2(COO)CC[C@]3(C)[C@H](CC[C@@H]4[C@@]5(C)CC[C@H](OC(C)=O)C(C)(C)[C@@H]5CC[C@]43C)[C@@H]12. The van der Waals surface area contributed by atoms with Crippen molar-refractivity contribution in [3.05, 3.63) is 12.2 Å². The van der Waals surface area contributed by atoms with Crippen molar-refractivity contribution in [1.82, 2.24) is 0 Å². The molecule has 10 atom stereocenters. The summed E-state index contributed by atoms with van der Waals surface area (Å²) in [5, 5.41) is 9.62. The van der Waals surface area contributed by atoms with Crippen LogP contribution < -0.4 is 0 Å². The molecule has 1 N–H and O–H groups in total. The molecule has 0 amide bonds. The maximum atomic E-state index is 11.9. The zero-order valence-electron chi connectivity index (χ0n) is 24.1. The zero-order valence-corrected chi connectivity index (χ0v) is 24.1. The minimum absolute atomic E-state index is 0.00837. The predicted octanol–water partition coefficient (Wildman–Crippen LogP) is 8.07. The molecule has 0 aromatic rings. The molecular weight excluding hydrogens is 448 g/mol. The van der Waals surface area contributed by atoms with Crippen LogP contribution in [0.1, 0.15) is 113 Å². The second kappa shape index (κ2) is 8.57. The van der Waals surface area contributed by atoms with Gasteiger partial charge in [0.2, 0.25) is 0 Å². The minimum atomic E-state index is -0.133. The highest BCUT2D eigenvalue weighted by molar-refractivity contribution is 5.66.